The van der Waals surface area contributed by atoms with Crippen molar-refractivity contribution < 1.29 is 23.7 Å². The van der Waals surface area contributed by atoms with Crippen molar-refractivity contribution in [2.45, 2.75) is 32.0 Å². The molecule has 0 radical (unpaired) electrons. The van der Waals surface area contributed by atoms with Gasteiger partial charge in [-0.05, 0) is 69.7 Å². The van der Waals surface area contributed by atoms with E-state index in [1.165, 1.54) is 6.42 Å². The second-order valence-corrected chi connectivity index (χ2v) is 7.12. The molecule has 0 aromatic heterocycles. The van der Waals surface area contributed by atoms with E-state index in [0.717, 1.165) is 41.1 Å². The summed E-state index contributed by atoms with van der Waals surface area (Å²) in [7, 11) is 0. The number of hydrogen-bond donors (Lipinski definition) is 0. The molecule has 0 aliphatic carbocycles. The first kappa shape index (κ1) is 19.8. The van der Waals surface area contributed by atoms with E-state index in [9.17, 15) is 4.79 Å². The van der Waals surface area contributed by atoms with Crippen LogP contribution in [0.2, 0.25) is 0 Å². The fourth-order valence-corrected chi connectivity index (χ4v) is 3.76. The molecule has 1 heterocycles. The lowest BCUT2D eigenvalue weighted by Gasteiger charge is -2.22. The largest absolute Gasteiger partial charge is 0.489 e. The Balaban J connectivity index is 1.54. The normalized spacial score (nSPS) is 17.7. The molecular weight excluding hydrogens is 444 g/mol. The monoisotopic (exact) mass is 464 g/mol. The van der Waals surface area contributed by atoms with E-state index in [1.807, 2.05) is 0 Å². The zero-order chi connectivity index (χ0) is 17.2. The number of ether oxygens (including phenoxy) is 4. The van der Waals surface area contributed by atoms with Gasteiger partial charge in [0.25, 0.3) is 0 Å². The van der Waals surface area contributed by atoms with Crippen LogP contribution in [0, 0.1) is 0 Å². The smallest absolute Gasteiger partial charge is 0.157 e. The summed E-state index contributed by atoms with van der Waals surface area (Å²) in [5.41, 5.74) is 0.583. The molecule has 24 heavy (non-hydrogen) atoms. The molecule has 0 spiro atoms. The Hall–Kier alpha value is -0.470. The van der Waals surface area contributed by atoms with Crippen LogP contribution < -0.4 is 4.74 Å². The standard InChI is InChI=1S/C17H22Br2O5/c18-14-10-13(12-20)11-15(19)17(14)24-9-8-21-5-3-7-23-16-4-1-2-6-22-16/h10-12,16H,1-9H2. The van der Waals surface area contributed by atoms with E-state index >= 15 is 0 Å². The highest BCUT2D eigenvalue weighted by Crippen LogP contribution is 2.34. The molecule has 1 unspecified atom stereocenters. The van der Waals surface area contributed by atoms with Crippen LogP contribution in [0.4, 0.5) is 0 Å². The number of benzene rings is 1. The Morgan fingerprint density at radius 1 is 1.12 bits per heavy atom. The first-order valence-corrected chi connectivity index (χ1v) is 9.67. The second-order valence-electron chi connectivity index (χ2n) is 5.41. The minimum absolute atomic E-state index is 0.0360. The van der Waals surface area contributed by atoms with Crippen LogP contribution in [0.25, 0.3) is 0 Å². The maximum Gasteiger partial charge on any atom is 0.157 e. The van der Waals surface area contributed by atoms with Gasteiger partial charge in [-0.15, -0.1) is 0 Å². The average molecular weight is 466 g/mol. The first-order chi connectivity index (χ1) is 11.7. The van der Waals surface area contributed by atoms with Crippen LogP contribution in [0.5, 0.6) is 5.75 Å². The molecule has 0 bridgehead atoms. The highest BCUT2D eigenvalue weighted by atomic mass is 79.9. The van der Waals surface area contributed by atoms with E-state index in [4.69, 9.17) is 18.9 Å². The molecule has 1 aromatic rings. The number of carbonyl (C=O) groups is 1. The number of halogens is 2. The Bertz CT molecular complexity index is 495. The molecule has 7 heteroatoms. The van der Waals surface area contributed by atoms with Crippen LogP contribution in [0.1, 0.15) is 36.0 Å². The van der Waals surface area contributed by atoms with Gasteiger partial charge in [0.05, 0.1) is 22.2 Å². The third-order valence-electron chi connectivity index (χ3n) is 3.51. The van der Waals surface area contributed by atoms with Crippen LogP contribution in [-0.4, -0.2) is 45.6 Å². The van der Waals surface area contributed by atoms with Crippen molar-refractivity contribution in [1.82, 2.24) is 0 Å². The van der Waals surface area contributed by atoms with Crippen molar-refractivity contribution in [1.29, 1.82) is 0 Å². The molecule has 1 aromatic carbocycles. The molecule has 2 rings (SSSR count). The number of aldehydes is 1. The molecule has 1 aliphatic heterocycles. The van der Waals surface area contributed by atoms with Crippen molar-refractivity contribution in [2.75, 3.05) is 33.0 Å². The molecule has 0 N–H and O–H groups in total. The molecule has 134 valence electrons. The minimum atomic E-state index is -0.0360. The summed E-state index contributed by atoms with van der Waals surface area (Å²) in [6.45, 7) is 3.01. The predicted octanol–water partition coefficient (Wildman–Crippen LogP) is 4.35. The van der Waals surface area contributed by atoms with Gasteiger partial charge in [0.15, 0.2) is 6.29 Å². The second kappa shape index (κ2) is 11.2. The summed E-state index contributed by atoms with van der Waals surface area (Å²) in [4.78, 5) is 10.8. The average Bonchev–Trinajstić information content (AvgIpc) is 2.59. The molecule has 5 nitrogen and oxygen atoms in total. The Morgan fingerprint density at radius 2 is 1.92 bits per heavy atom. The number of hydrogen-bond acceptors (Lipinski definition) is 5. The van der Waals surface area contributed by atoms with Gasteiger partial charge in [-0.3, -0.25) is 4.79 Å². The van der Waals surface area contributed by atoms with E-state index in [-0.39, 0.29) is 6.29 Å². The van der Waals surface area contributed by atoms with Crippen molar-refractivity contribution in [3.8, 4) is 5.75 Å². The summed E-state index contributed by atoms with van der Waals surface area (Å²) < 4.78 is 23.8. The molecule has 0 amide bonds. The van der Waals surface area contributed by atoms with E-state index in [2.05, 4.69) is 31.9 Å². The molecule has 1 saturated heterocycles. The number of rotatable bonds is 10. The van der Waals surface area contributed by atoms with Crippen LogP contribution in [0.15, 0.2) is 21.1 Å². The lowest BCUT2D eigenvalue weighted by atomic mass is 10.2. The predicted molar refractivity (Wildman–Crippen MR) is 97.7 cm³/mol. The van der Waals surface area contributed by atoms with Gasteiger partial charge in [0, 0.05) is 18.8 Å². The molecule has 1 atom stereocenters. The van der Waals surface area contributed by atoms with Gasteiger partial charge in [0.1, 0.15) is 18.6 Å². The van der Waals surface area contributed by atoms with Gasteiger partial charge in [-0.1, -0.05) is 0 Å². The Morgan fingerprint density at radius 3 is 2.58 bits per heavy atom. The van der Waals surface area contributed by atoms with Crippen LogP contribution >= 0.6 is 31.9 Å². The van der Waals surface area contributed by atoms with Crippen molar-refractivity contribution in [3.63, 3.8) is 0 Å². The molecule has 1 aliphatic rings. The highest BCUT2D eigenvalue weighted by molar-refractivity contribution is 9.11. The maximum absolute atomic E-state index is 10.8. The van der Waals surface area contributed by atoms with Gasteiger partial charge in [-0.25, -0.2) is 0 Å². The van der Waals surface area contributed by atoms with Crippen LogP contribution in [0.3, 0.4) is 0 Å². The topological polar surface area (TPSA) is 54.0 Å². The maximum atomic E-state index is 10.8. The highest BCUT2D eigenvalue weighted by Gasteiger charge is 2.13. The summed E-state index contributed by atoms with van der Waals surface area (Å²) >= 11 is 6.79. The van der Waals surface area contributed by atoms with Crippen molar-refractivity contribution in [3.05, 3.63) is 26.6 Å². The van der Waals surface area contributed by atoms with Crippen molar-refractivity contribution in [2.24, 2.45) is 0 Å². The van der Waals surface area contributed by atoms with E-state index in [1.54, 1.807) is 12.1 Å². The van der Waals surface area contributed by atoms with Gasteiger partial charge >= 0.3 is 0 Å². The van der Waals surface area contributed by atoms with Gasteiger partial charge in [-0.2, -0.15) is 0 Å². The van der Waals surface area contributed by atoms with E-state index in [0.29, 0.717) is 37.7 Å². The molecular formula is C17H22Br2O5. The quantitative estimate of drug-likeness (QED) is 0.379. The minimum Gasteiger partial charge on any atom is -0.489 e. The zero-order valence-corrected chi connectivity index (χ0v) is 16.6. The summed E-state index contributed by atoms with van der Waals surface area (Å²) in [5.74, 6) is 0.669. The SMILES string of the molecule is O=Cc1cc(Br)c(OCCOCCCOC2CCCCO2)c(Br)c1. The van der Waals surface area contributed by atoms with Crippen molar-refractivity contribution >= 4 is 38.1 Å². The van der Waals surface area contributed by atoms with Gasteiger partial charge in [0.2, 0.25) is 0 Å². The summed E-state index contributed by atoms with van der Waals surface area (Å²) in [6, 6.07) is 3.44. The van der Waals surface area contributed by atoms with Crippen LogP contribution in [-0.2, 0) is 14.2 Å². The third-order valence-corrected chi connectivity index (χ3v) is 4.68. The summed E-state index contributed by atoms with van der Waals surface area (Å²) in [6.07, 6.45) is 4.89. The fourth-order valence-electron chi connectivity index (χ4n) is 2.31. The van der Waals surface area contributed by atoms with Gasteiger partial charge < -0.3 is 18.9 Å². The zero-order valence-electron chi connectivity index (χ0n) is 13.5. The Labute approximate surface area is 159 Å². The fraction of sp³-hybridized carbons (Fsp3) is 0.588. The molecule has 1 fully saturated rings. The summed E-state index contributed by atoms with van der Waals surface area (Å²) in [5, 5.41) is 0. The lowest BCUT2D eigenvalue weighted by molar-refractivity contribution is -0.164. The first-order valence-electron chi connectivity index (χ1n) is 8.08. The Kier molecular flexibility index (Phi) is 9.27. The van der Waals surface area contributed by atoms with E-state index < -0.39 is 0 Å². The molecule has 0 saturated carbocycles. The number of carbonyl (C=O) groups excluding carboxylic acids is 1. The third kappa shape index (κ3) is 6.80. The lowest BCUT2D eigenvalue weighted by Crippen LogP contribution is -2.23.